The van der Waals surface area contributed by atoms with Crippen molar-refractivity contribution in [2.24, 2.45) is 10.7 Å². The number of carbonyl (C=O) groups is 2. The minimum atomic E-state index is -0.425. The van der Waals surface area contributed by atoms with Crippen molar-refractivity contribution in [2.75, 3.05) is 7.11 Å². The van der Waals surface area contributed by atoms with Gasteiger partial charge in [0.15, 0.2) is 5.96 Å². The number of fused-ring (bicyclic) bond motifs is 4. The second-order valence-corrected chi connectivity index (χ2v) is 11.0. The summed E-state index contributed by atoms with van der Waals surface area (Å²) in [5.41, 5.74) is 10.1. The van der Waals surface area contributed by atoms with Gasteiger partial charge >= 0.3 is 0 Å². The monoisotopic (exact) mass is 546 g/mol. The first-order valence-electron chi connectivity index (χ1n) is 14.2. The fraction of sp³-hybridized carbons (Fsp3) is 0.469. The molecule has 0 spiro atoms. The van der Waals surface area contributed by atoms with E-state index in [1.165, 1.54) is 4.90 Å². The standard InChI is InChI=1S/C30H36N4O4.C2H6/c1-18(37-4)23-11-10-20-14-21(23)17-34-27(35)15-22(32-29(34)31)8-6-5-7-19-9-12-26-24(13-19)25(33-28(20)36)16-30(2,3)38-26;1-2/h5,7,9-14,18,22,25H,6,8,15-17H2,1-4H3,(H2,31,32)(H,33,36);1-2H3/b7-5+;. The maximum atomic E-state index is 13.6. The number of amides is 2. The van der Waals surface area contributed by atoms with Crippen molar-refractivity contribution in [3.63, 3.8) is 0 Å². The van der Waals surface area contributed by atoms with Crippen molar-refractivity contribution < 1.29 is 19.1 Å². The van der Waals surface area contributed by atoms with Crippen LogP contribution in [0, 0.1) is 0 Å². The molecule has 3 atom stereocenters. The number of allylic oxidation sites excluding steroid dienone is 1. The molecule has 0 aromatic heterocycles. The third kappa shape index (κ3) is 6.39. The zero-order chi connectivity index (χ0) is 29.0. The highest BCUT2D eigenvalue weighted by molar-refractivity contribution is 5.98. The highest BCUT2D eigenvalue weighted by atomic mass is 16.5. The molecule has 4 heterocycles. The third-order valence-corrected chi connectivity index (χ3v) is 7.60. The van der Waals surface area contributed by atoms with Crippen molar-refractivity contribution >= 4 is 23.8 Å². The van der Waals surface area contributed by atoms with Gasteiger partial charge in [-0.15, -0.1) is 0 Å². The minimum absolute atomic E-state index is 0.0665. The molecule has 8 nitrogen and oxygen atoms in total. The number of hydrogen-bond donors (Lipinski definition) is 2. The topological polar surface area (TPSA) is 106 Å². The van der Waals surface area contributed by atoms with Crippen LogP contribution in [0.4, 0.5) is 0 Å². The number of nitrogens with one attached hydrogen (secondary N) is 1. The third-order valence-electron chi connectivity index (χ3n) is 7.60. The van der Waals surface area contributed by atoms with Crippen LogP contribution in [0.1, 0.15) is 105 Å². The van der Waals surface area contributed by atoms with Crippen molar-refractivity contribution in [3.05, 3.63) is 70.3 Å². The lowest BCUT2D eigenvalue weighted by Gasteiger charge is -2.38. The lowest BCUT2D eigenvalue weighted by atomic mass is 9.88. The van der Waals surface area contributed by atoms with E-state index < -0.39 is 5.60 Å². The van der Waals surface area contributed by atoms with E-state index in [2.05, 4.69) is 28.5 Å². The van der Waals surface area contributed by atoms with Crippen molar-refractivity contribution in [2.45, 2.75) is 90.6 Å². The Kier molecular flexibility index (Phi) is 8.98. The quantitative estimate of drug-likeness (QED) is 0.504. The van der Waals surface area contributed by atoms with E-state index in [-0.39, 0.29) is 42.5 Å². The summed E-state index contributed by atoms with van der Waals surface area (Å²) in [4.78, 5) is 32.8. The first kappa shape index (κ1) is 29.3. The number of aliphatic imine (C=N–C) groups is 1. The van der Waals surface area contributed by atoms with E-state index in [1.807, 2.05) is 58.9 Å². The molecule has 0 radical (unpaired) electrons. The molecule has 6 bridgehead atoms. The van der Waals surface area contributed by atoms with Crippen LogP contribution in [0.5, 0.6) is 5.75 Å². The van der Waals surface area contributed by atoms with Crippen LogP contribution in [-0.2, 0) is 16.1 Å². The normalized spacial score (nSPS) is 23.4. The van der Waals surface area contributed by atoms with Gasteiger partial charge < -0.3 is 20.5 Å². The van der Waals surface area contributed by atoms with Gasteiger partial charge in [0.1, 0.15) is 11.4 Å². The van der Waals surface area contributed by atoms with E-state index in [4.69, 9.17) is 15.2 Å². The maximum Gasteiger partial charge on any atom is 0.251 e. The Morgan fingerprint density at radius 2 is 1.95 bits per heavy atom. The zero-order valence-electron chi connectivity index (χ0n) is 24.5. The minimum Gasteiger partial charge on any atom is -0.487 e. The molecule has 2 aromatic carbocycles. The molecule has 4 aliphatic rings. The number of guanidine groups is 1. The molecule has 3 N–H and O–H groups in total. The SMILES string of the molecule is CC.COC(C)c1ccc2cc1CN1C(=O)CC(CC/C=C/c3ccc4c(c3)C(CC(C)(C)O4)NC2=O)N=C1N. The second-order valence-electron chi connectivity index (χ2n) is 11.0. The Morgan fingerprint density at radius 1 is 1.18 bits per heavy atom. The molecule has 0 saturated heterocycles. The smallest absolute Gasteiger partial charge is 0.251 e. The first-order valence-corrected chi connectivity index (χ1v) is 14.2. The molecule has 0 saturated carbocycles. The Hall–Kier alpha value is -3.65. The molecule has 0 aliphatic carbocycles. The van der Waals surface area contributed by atoms with Gasteiger partial charge in [0, 0.05) is 31.1 Å². The van der Waals surface area contributed by atoms with Crippen molar-refractivity contribution in [3.8, 4) is 5.75 Å². The number of benzene rings is 2. The van der Waals surface area contributed by atoms with E-state index >= 15 is 0 Å². The molecule has 2 amide bonds. The van der Waals surface area contributed by atoms with Crippen LogP contribution in [0.2, 0.25) is 0 Å². The summed E-state index contributed by atoms with van der Waals surface area (Å²) in [7, 11) is 1.64. The number of nitrogens with zero attached hydrogens (tertiary/aromatic N) is 2. The molecular weight excluding hydrogens is 504 g/mol. The Labute approximate surface area is 237 Å². The molecule has 2 aromatic rings. The average Bonchev–Trinajstić information content (AvgIpc) is 2.93. The number of hydrogen-bond acceptors (Lipinski definition) is 6. The lowest BCUT2D eigenvalue weighted by Crippen LogP contribution is -2.47. The summed E-state index contributed by atoms with van der Waals surface area (Å²) < 4.78 is 11.8. The van der Waals surface area contributed by atoms with Gasteiger partial charge in [0.25, 0.3) is 5.91 Å². The predicted molar refractivity (Wildman–Crippen MR) is 158 cm³/mol. The van der Waals surface area contributed by atoms with Crippen LogP contribution in [-0.4, -0.2) is 41.4 Å². The number of carbonyl (C=O) groups excluding carboxylic acids is 2. The summed E-state index contributed by atoms with van der Waals surface area (Å²) in [6.45, 7) is 10.2. The molecule has 40 heavy (non-hydrogen) atoms. The Morgan fingerprint density at radius 3 is 2.67 bits per heavy atom. The van der Waals surface area contributed by atoms with Crippen LogP contribution in [0.25, 0.3) is 6.08 Å². The van der Waals surface area contributed by atoms with Crippen LogP contribution < -0.4 is 15.8 Å². The molecule has 8 heteroatoms. The van der Waals surface area contributed by atoms with Gasteiger partial charge in [-0.25, -0.2) is 4.99 Å². The molecule has 3 unspecified atom stereocenters. The van der Waals surface area contributed by atoms with Crippen LogP contribution >= 0.6 is 0 Å². The summed E-state index contributed by atoms with van der Waals surface area (Å²) in [5.74, 6) is 0.747. The van der Waals surface area contributed by atoms with Crippen LogP contribution in [0.15, 0.2) is 47.5 Å². The maximum absolute atomic E-state index is 13.6. The summed E-state index contributed by atoms with van der Waals surface area (Å²) in [5, 5.41) is 3.25. The van der Waals surface area contributed by atoms with Gasteiger partial charge in [0.05, 0.1) is 24.7 Å². The van der Waals surface area contributed by atoms with E-state index in [9.17, 15) is 9.59 Å². The molecule has 0 fully saturated rings. The van der Waals surface area contributed by atoms with Crippen molar-refractivity contribution in [1.82, 2.24) is 10.2 Å². The predicted octanol–water partition coefficient (Wildman–Crippen LogP) is 5.68. The zero-order valence-corrected chi connectivity index (χ0v) is 24.5. The van der Waals surface area contributed by atoms with E-state index in [1.54, 1.807) is 13.2 Å². The molecule has 4 aliphatic heterocycles. The Balaban J connectivity index is 0.00000181. The highest BCUT2D eigenvalue weighted by Gasteiger charge is 2.35. The van der Waals surface area contributed by atoms with Crippen LogP contribution in [0.3, 0.4) is 0 Å². The Bertz CT molecular complexity index is 1320. The van der Waals surface area contributed by atoms with Gasteiger partial charge in [0.2, 0.25) is 5.91 Å². The number of nitrogens with two attached hydrogens (primary N) is 1. The van der Waals surface area contributed by atoms with E-state index in [0.29, 0.717) is 18.4 Å². The summed E-state index contributed by atoms with van der Waals surface area (Å²) in [6, 6.07) is 11.3. The first-order chi connectivity index (χ1) is 19.1. The summed E-state index contributed by atoms with van der Waals surface area (Å²) in [6.07, 6.45) is 6.39. The molecular formula is C32H42N4O4. The number of ether oxygens (including phenoxy) is 2. The number of methoxy groups -OCH3 is 1. The average molecular weight is 547 g/mol. The van der Waals surface area contributed by atoms with Gasteiger partial charge in [-0.2, -0.15) is 0 Å². The number of rotatable bonds is 2. The fourth-order valence-corrected chi connectivity index (χ4v) is 5.51. The lowest BCUT2D eigenvalue weighted by molar-refractivity contribution is -0.128. The molecule has 6 rings (SSSR count). The van der Waals surface area contributed by atoms with Gasteiger partial charge in [-0.05, 0) is 74.6 Å². The largest absolute Gasteiger partial charge is 0.487 e. The van der Waals surface area contributed by atoms with Crippen molar-refractivity contribution in [1.29, 1.82) is 0 Å². The van der Waals surface area contributed by atoms with Gasteiger partial charge in [-0.3, -0.25) is 14.5 Å². The second kappa shape index (κ2) is 12.3. The van der Waals surface area contributed by atoms with E-state index in [0.717, 1.165) is 40.8 Å². The van der Waals surface area contributed by atoms with Gasteiger partial charge in [-0.1, -0.05) is 38.1 Å². The molecule has 214 valence electrons. The highest BCUT2D eigenvalue weighted by Crippen LogP contribution is 2.40. The summed E-state index contributed by atoms with van der Waals surface area (Å²) >= 11 is 0. The fourth-order valence-electron chi connectivity index (χ4n) is 5.51.